The SMILES string of the molecule is CCCNc1cc(NCC2CCCN(C)C2)nc(CC)n1. The molecule has 0 radical (unpaired) electrons. The van der Waals surface area contributed by atoms with E-state index in [0.717, 1.165) is 49.3 Å². The van der Waals surface area contributed by atoms with Crippen LogP contribution < -0.4 is 10.6 Å². The lowest BCUT2D eigenvalue weighted by molar-refractivity contribution is 0.217. The van der Waals surface area contributed by atoms with Gasteiger partial charge >= 0.3 is 0 Å². The van der Waals surface area contributed by atoms with Gasteiger partial charge in [-0.25, -0.2) is 9.97 Å². The lowest BCUT2D eigenvalue weighted by atomic mass is 9.98. The number of aromatic nitrogens is 2. The lowest BCUT2D eigenvalue weighted by Gasteiger charge is -2.29. The number of rotatable bonds is 7. The Kier molecular flexibility index (Phi) is 6.23. The van der Waals surface area contributed by atoms with Crippen LogP contribution in [-0.2, 0) is 6.42 Å². The van der Waals surface area contributed by atoms with Gasteiger partial charge in [0, 0.05) is 32.1 Å². The van der Waals surface area contributed by atoms with Crippen LogP contribution in [0.1, 0.15) is 38.9 Å². The summed E-state index contributed by atoms with van der Waals surface area (Å²) >= 11 is 0. The Bertz CT molecular complexity index is 435. The van der Waals surface area contributed by atoms with Gasteiger partial charge in [-0.1, -0.05) is 13.8 Å². The third-order valence-corrected chi connectivity index (χ3v) is 3.94. The zero-order valence-electron chi connectivity index (χ0n) is 13.7. The molecule has 2 heterocycles. The van der Waals surface area contributed by atoms with E-state index in [1.165, 1.54) is 25.9 Å². The highest BCUT2D eigenvalue weighted by Crippen LogP contribution is 2.17. The Labute approximate surface area is 128 Å². The van der Waals surface area contributed by atoms with E-state index in [4.69, 9.17) is 0 Å². The van der Waals surface area contributed by atoms with Crippen LogP contribution in [0.25, 0.3) is 0 Å². The van der Waals surface area contributed by atoms with Crippen molar-refractivity contribution in [3.05, 3.63) is 11.9 Å². The van der Waals surface area contributed by atoms with Crippen LogP contribution in [0, 0.1) is 5.92 Å². The van der Waals surface area contributed by atoms with Crippen LogP contribution in [0.3, 0.4) is 0 Å². The molecule has 1 fully saturated rings. The average Bonchev–Trinajstić information content (AvgIpc) is 2.51. The van der Waals surface area contributed by atoms with E-state index in [-0.39, 0.29) is 0 Å². The van der Waals surface area contributed by atoms with Crippen LogP contribution in [0.4, 0.5) is 11.6 Å². The van der Waals surface area contributed by atoms with Crippen LogP contribution in [0.15, 0.2) is 6.07 Å². The molecule has 1 unspecified atom stereocenters. The molecule has 0 aliphatic carbocycles. The molecule has 0 aromatic carbocycles. The molecule has 1 aromatic rings. The number of likely N-dealkylation sites (tertiary alicyclic amines) is 1. The summed E-state index contributed by atoms with van der Waals surface area (Å²) in [5.74, 6) is 3.51. The van der Waals surface area contributed by atoms with Crippen LogP contribution >= 0.6 is 0 Å². The summed E-state index contributed by atoms with van der Waals surface area (Å²) in [6, 6.07) is 2.03. The minimum absolute atomic E-state index is 0.718. The first-order valence-electron chi connectivity index (χ1n) is 8.25. The minimum Gasteiger partial charge on any atom is -0.370 e. The second-order valence-electron chi connectivity index (χ2n) is 5.99. The maximum Gasteiger partial charge on any atom is 0.132 e. The van der Waals surface area contributed by atoms with E-state index in [0.29, 0.717) is 0 Å². The molecule has 5 nitrogen and oxygen atoms in total. The van der Waals surface area contributed by atoms with Gasteiger partial charge in [0.05, 0.1) is 0 Å². The highest BCUT2D eigenvalue weighted by Gasteiger charge is 2.17. The minimum atomic E-state index is 0.718. The van der Waals surface area contributed by atoms with Gasteiger partial charge in [0.1, 0.15) is 17.5 Å². The van der Waals surface area contributed by atoms with Crippen molar-refractivity contribution in [1.29, 1.82) is 0 Å². The maximum absolute atomic E-state index is 4.59. The number of hydrogen-bond acceptors (Lipinski definition) is 5. The molecule has 21 heavy (non-hydrogen) atoms. The fourth-order valence-corrected chi connectivity index (χ4v) is 2.78. The molecule has 2 N–H and O–H groups in total. The number of nitrogens with zero attached hydrogens (tertiary/aromatic N) is 3. The normalized spacial score (nSPS) is 19.5. The molecule has 0 bridgehead atoms. The predicted molar refractivity (Wildman–Crippen MR) is 88.9 cm³/mol. The molecular weight excluding hydrogens is 262 g/mol. The lowest BCUT2D eigenvalue weighted by Crippen LogP contribution is -2.35. The summed E-state index contributed by atoms with van der Waals surface area (Å²) in [5.41, 5.74) is 0. The van der Waals surface area contributed by atoms with E-state index < -0.39 is 0 Å². The first-order chi connectivity index (χ1) is 10.2. The van der Waals surface area contributed by atoms with E-state index in [1.54, 1.807) is 0 Å². The van der Waals surface area contributed by atoms with Crippen molar-refractivity contribution in [1.82, 2.24) is 14.9 Å². The third-order valence-electron chi connectivity index (χ3n) is 3.94. The third kappa shape index (κ3) is 5.16. The summed E-state index contributed by atoms with van der Waals surface area (Å²) < 4.78 is 0. The van der Waals surface area contributed by atoms with Crippen molar-refractivity contribution in [3.8, 4) is 0 Å². The Morgan fingerprint density at radius 3 is 2.67 bits per heavy atom. The predicted octanol–water partition coefficient (Wildman–Crippen LogP) is 2.61. The summed E-state index contributed by atoms with van der Waals surface area (Å²) in [6.45, 7) is 8.62. The fraction of sp³-hybridized carbons (Fsp3) is 0.750. The zero-order valence-corrected chi connectivity index (χ0v) is 13.7. The molecule has 2 rings (SSSR count). The van der Waals surface area contributed by atoms with Gasteiger partial charge in [-0.05, 0) is 38.8 Å². The molecule has 0 saturated carbocycles. The van der Waals surface area contributed by atoms with Gasteiger partial charge in [0.15, 0.2) is 0 Å². The fourth-order valence-electron chi connectivity index (χ4n) is 2.78. The number of anilines is 2. The molecule has 1 saturated heterocycles. The van der Waals surface area contributed by atoms with Gasteiger partial charge in [-0.15, -0.1) is 0 Å². The highest BCUT2D eigenvalue weighted by atomic mass is 15.1. The van der Waals surface area contributed by atoms with Crippen LogP contribution in [-0.4, -0.2) is 48.1 Å². The van der Waals surface area contributed by atoms with Crippen molar-refractivity contribution in [3.63, 3.8) is 0 Å². The smallest absolute Gasteiger partial charge is 0.132 e. The maximum atomic E-state index is 4.59. The van der Waals surface area contributed by atoms with Crippen LogP contribution in [0.5, 0.6) is 0 Å². The number of aryl methyl sites for hydroxylation is 1. The Morgan fingerprint density at radius 2 is 2.00 bits per heavy atom. The Morgan fingerprint density at radius 1 is 1.24 bits per heavy atom. The summed E-state index contributed by atoms with van der Waals surface area (Å²) in [7, 11) is 2.21. The zero-order chi connectivity index (χ0) is 15.1. The molecule has 118 valence electrons. The number of nitrogens with one attached hydrogen (secondary N) is 2. The van der Waals surface area contributed by atoms with Crippen molar-refractivity contribution >= 4 is 11.6 Å². The van der Waals surface area contributed by atoms with Gasteiger partial charge in [-0.2, -0.15) is 0 Å². The molecule has 5 heteroatoms. The van der Waals surface area contributed by atoms with Crippen molar-refractivity contribution in [2.75, 3.05) is 43.9 Å². The van der Waals surface area contributed by atoms with Gasteiger partial charge in [0.25, 0.3) is 0 Å². The van der Waals surface area contributed by atoms with Crippen molar-refractivity contribution in [2.24, 2.45) is 5.92 Å². The standard InChI is InChI=1S/C16H29N5/c1-4-8-17-15-10-16(20-14(5-2)19-15)18-11-13-7-6-9-21(3)12-13/h10,13H,4-9,11-12H2,1-3H3,(H2,17,18,19,20). The van der Waals surface area contributed by atoms with Gasteiger partial charge in [0.2, 0.25) is 0 Å². The molecule has 0 amide bonds. The monoisotopic (exact) mass is 291 g/mol. The highest BCUT2D eigenvalue weighted by molar-refractivity contribution is 5.47. The molecular formula is C16H29N5. The molecule has 0 spiro atoms. The van der Waals surface area contributed by atoms with Crippen molar-refractivity contribution < 1.29 is 0 Å². The van der Waals surface area contributed by atoms with Crippen molar-refractivity contribution in [2.45, 2.75) is 39.5 Å². The Balaban J connectivity index is 1.94. The molecule has 1 aliphatic heterocycles. The van der Waals surface area contributed by atoms with E-state index in [9.17, 15) is 0 Å². The summed E-state index contributed by atoms with van der Waals surface area (Å²) in [6.07, 6.45) is 4.57. The molecule has 1 atom stereocenters. The second kappa shape index (κ2) is 8.17. The number of piperidine rings is 1. The topological polar surface area (TPSA) is 53.1 Å². The first-order valence-corrected chi connectivity index (χ1v) is 8.25. The average molecular weight is 291 g/mol. The van der Waals surface area contributed by atoms with Gasteiger partial charge < -0.3 is 15.5 Å². The largest absolute Gasteiger partial charge is 0.370 e. The summed E-state index contributed by atoms with van der Waals surface area (Å²) in [4.78, 5) is 11.5. The number of hydrogen-bond donors (Lipinski definition) is 2. The first kappa shape index (κ1) is 16.0. The summed E-state index contributed by atoms with van der Waals surface area (Å²) in [5, 5.41) is 6.86. The quantitative estimate of drug-likeness (QED) is 0.809. The molecule has 1 aliphatic rings. The van der Waals surface area contributed by atoms with E-state index in [2.05, 4.69) is 46.4 Å². The van der Waals surface area contributed by atoms with E-state index >= 15 is 0 Å². The second-order valence-corrected chi connectivity index (χ2v) is 5.99. The van der Waals surface area contributed by atoms with E-state index in [1.807, 2.05) is 6.07 Å². The Hall–Kier alpha value is -1.36. The molecule has 1 aromatic heterocycles. The van der Waals surface area contributed by atoms with Gasteiger partial charge in [-0.3, -0.25) is 0 Å². The van der Waals surface area contributed by atoms with Crippen LogP contribution in [0.2, 0.25) is 0 Å².